The second-order valence-electron chi connectivity index (χ2n) is 3.86. The van der Waals surface area contributed by atoms with Gasteiger partial charge in [-0.15, -0.1) is 11.3 Å². The number of hydrogen-bond donors (Lipinski definition) is 1. The van der Waals surface area contributed by atoms with E-state index in [1.54, 1.807) is 11.3 Å². The van der Waals surface area contributed by atoms with E-state index in [-0.39, 0.29) is 0 Å². The van der Waals surface area contributed by atoms with Gasteiger partial charge in [-0.25, -0.2) is 0 Å². The molecule has 0 radical (unpaired) electrons. The predicted octanol–water partition coefficient (Wildman–Crippen LogP) is 4.14. The third-order valence-corrected chi connectivity index (χ3v) is 4.07. The van der Waals surface area contributed by atoms with Gasteiger partial charge in [-0.3, -0.25) is 0 Å². The third-order valence-electron chi connectivity index (χ3n) is 2.68. The fourth-order valence-corrected chi connectivity index (χ4v) is 3.28. The molecule has 3 heteroatoms. The standard InChI is InChI=1S/C13H14ClNS/c1-8-3-5-10(6-4-8)12-9(2)16-13(14)11(12)7-15/h3-6H,7,15H2,1-2H3. The van der Waals surface area contributed by atoms with Gasteiger partial charge in [0, 0.05) is 22.5 Å². The molecule has 0 spiro atoms. The maximum Gasteiger partial charge on any atom is 0.0982 e. The van der Waals surface area contributed by atoms with Crippen LogP contribution in [0.3, 0.4) is 0 Å². The summed E-state index contributed by atoms with van der Waals surface area (Å²) >= 11 is 7.77. The summed E-state index contributed by atoms with van der Waals surface area (Å²) in [5.74, 6) is 0. The van der Waals surface area contributed by atoms with E-state index >= 15 is 0 Å². The van der Waals surface area contributed by atoms with Crippen LogP contribution in [0.4, 0.5) is 0 Å². The van der Waals surface area contributed by atoms with Gasteiger partial charge in [-0.1, -0.05) is 41.4 Å². The number of hydrogen-bond acceptors (Lipinski definition) is 2. The molecule has 1 aromatic carbocycles. The minimum Gasteiger partial charge on any atom is -0.326 e. The van der Waals surface area contributed by atoms with Gasteiger partial charge in [0.25, 0.3) is 0 Å². The molecule has 0 unspecified atom stereocenters. The highest BCUT2D eigenvalue weighted by atomic mass is 35.5. The molecule has 0 fully saturated rings. The fraction of sp³-hybridized carbons (Fsp3) is 0.231. The maximum atomic E-state index is 6.17. The number of nitrogens with two attached hydrogens (primary N) is 1. The number of halogens is 1. The summed E-state index contributed by atoms with van der Waals surface area (Å²) < 4.78 is 0.815. The Morgan fingerprint density at radius 3 is 2.38 bits per heavy atom. The lowest BCUT2D eigenvalue weighted by molar-refractivity contribution is 1.08. The Labute approximate surface area is 105 Å². The Morgan fingerprint density at radius 2 is 1.81 bits per heavy atom. The van der Waals surface area contributed by atoms with E-state index in [0.717, 1.165) is 9.90 Å². The molecule has 2 rings (SSSR count). The smallest absolute Gasteiger partial charge is 0.0982 e. The Balaban J connectivity index is 2.59. The predicted molar refractivity (Wildman–Crippen MR) is 72.1 cm³/mol. The Bertz CT molecular complexity index is 499. The maximum absolute atomic E-state index is 6.17. The summed E-state index contributed by atoms with van der Waals surface area (Å²) in [6.07, 6.45) is 0. The van der Waals surface area contributed by atoms with E-state index in [4.69, 9.17) is 17.3 Å². The molecule has 1 heterocycles. The molecule has 1 nitrogen and oxygen atoms in total. The number of benzene rings is 1. The molecular formula is C13H14ClNS. The van der Waals surface area contributed by atoms with Crippen molar-refractivity contribution < 1.29 is 0 Å². The lowest BCUT2D eigenvalue weighted by Crippen LogP contribution is -1.97. The van der Waals surface area contributed by atoms with Gasteiger partial charge in [0.1, 0.15) is 0 Å². The molecule has 1 aromatic heterocycles. The van der Waals surface area contributed by atoms with Crippen LogP contribution in [0.1, 0.15) is 16.0 Å². The molecule has 2 aromatic rings. The van der Waals surface area contributed by atoms with E-state index < -0.39 is 0 Å². The second kappa shape index (κ2) is 4.58. The Morgan fingerprint density at radius 1 is 1.19 bits per heavy atom. The molecule has 0 aliphatic carbocycles. The van der Waals surface area contributed by atoms with Gasteiger partial charge in [0.05, 0.1) is 4.34 Å². The van der Waals surface area contributed by atoms with Gasteiger partial charge >= 0.3 is 0 Å². The van der Waals surface area contributed by atoms with E-state index in [2.05, 4.69) is 38.1 Å². The van der Waals surface area contributed by atoms with E-state index in [1.165, 1.54) is 21.6 Å². The van der Waals surface area contributed by atoms with Crippen LogP contribution in [0.2, 0.25) is 4.34 Å². The number of aryl methyl sites for hydroxylation is 2. The van der Waals surface area contributed by atoms with Crippen molar-refractivity contribution in [1.82, 2.24) is 0 Å². The lowest BCUT2D eigenvalue weighted by Gasteiger charge is -2.05. The van der Waals surface area contributed by atoms with Crippen molar-refractivity contribution in [1.29, 1.82) is 0 Å². The van der Waals surface area contributed by atoms with Crippen molar-refractivity contribution in [3.63, 3.8) is 0 Å². The summed E-state index contributed by atoms with van der Waals surface area (Å²) in [6.45, 7) is 4.67. The molecule has 0 aliphatic rings. The molecule has 84 valence electrons. The molecule has 0 bridgehead atoms. The van der Waals surface area contributed by atoms with Gasteiger partial charge < -0.3 is 5.73 Å². The Kier molecular flexibility index (Phi) is 3.33. The van der Waals surface area contributed by atoms with Crippen LogP contribution in [0.5, 0.6) is 0 Å². The topological polar surface area (TPSA) is 26.0 Å². The highest BCUT2D eigenvalue weighted by molar-refractivity contribution is 7.16. The normalized spacial score (nSPS) is 10.8. The van der Waals surface area contributed by atoms with Gasteiger partial charge in [-0.05, 0) is 19.4 Å². The van der Waals surface area contributed by atoms with Crippen LogP contribution < -0.4 is 5.73 Å². The molecule has 2 N–H and O–H groups in total. The zero-order valence-corrected chi connectivity index (χ0v) is 11.0. The second-order valence-corrected chi connectivity index (χ2v) is 5.68. The quantitative estimate of drug-likeness (QED) is 0.853. The largest absolute Gasteiger partial charge is 0.326 e. The number of thiophene rings is 1. The monoisotopic (exact) mass is 251 g/mol. The van der Waals surface area contributed by atoms with Gasteiger partial charge in [0.15, 0.2) is 0 Å². The first-order valence-corrected chi connectivity index (χ1v) is 6.37. The average Bonchev–Trinajstić information content (AvgIpc) is 2.54. The zero-order chi connectivity index (χ0) is 11.7. The van der Waals surface area contributed by atoms with Crippen LogP contribution in [-0.4, -0.2) is 0 Å². The van der Waals surface area contributed by atoms with Gasteiger partial charge in [0.2, 0.25) is 0 Å². The molecule has 0 amide bonds. The summed E-state index contributed by atoms with van der Waals surface area (Å²) in [4.78, 5) is 1.23. The van der Waals surface area contributed by atoms with Crippen LogP contribution in [0.15, 0.2) is 24.3 Å². The summed E-state index contributed by atoms with van der Waals surface area (Å²) in [7, 11) is 0. The average molecular weight is 252 g/mol. The zero-order valence-electron chi connectivity index (χ0n) is 9.38. The van der Waals surface area contributed by atoms with E-state index in [1.807, 2.05) is 0 Å². The van der Waals surface area contributed by atoms with Crippen molar-refractivity contribution in [3.8, 4) is 11.1 Å². The first kappa shape index (κ1) is 11.6. The molecule has 0 saturated carbocycles. The van der Waals surface area contributed by atoms with Crippen molar-refractivity contribution in [2.45, 2.75) is 20.4 Å². The third kappa shape index (κ3) is 2.01. The summed E-state index contributed by atoms with van der Waals surface area (Å²) in [5.41, 5.74) is 10.5. The van der Waals surface area contributed by atoms with Gasteiger partial charge in [-0.2, -0.15) is 0 Å². The van der Waals surface area contributed by atoms with Crippen molar-refractivity contribution in [2.75, 3.05) is 0 Å². The lowest BCUT2D eigenvalue weighted by atomic mass is 10.0. The molecular weight excluding hydrogens is 238 g/mol. The SMILES string of the molecule is Cc1ccc(-c2c(C)sc(Cl)c2CN)cc1. The fourth-order valence-electron chi connectivity index (χ4n) is 1.84. The highest BCUT2D eigenvalue weighted by Gasteiger charge is 2.14. The first-order chi connectivity index (χ1) is 7.63. The molecule has 0 atom stereocenters. The highest BCUT2D eigenvalue weighted by Crippen LogP contribution is 2.38. The van der Waals surface area contributed by atoms with Crippen molar-refractivity contribution in [3.05, 3.63) is 44.6 Å². The molecule has 16 heavy (non-hydrogen) atoms. The van der Waals surface area contributed by atoms with Crippen LogP contribution in [-0.2, 0) is 6.54 Å². The summed E-state index contributed by atoms with van der Waals surface area (Å²) in [5, 5.41) is 0. The van der Waals surface area contributed by atoms with E-state index in [0.29, 0.717) is 6.54 Å². The first-order valence-electron chi connectivity index (χ1n) is 5.18. The molecule has 0 saturated heterocycles. The Hall–Kier alpha value is -0.830. The minimum absolute atomic E-state index is 0.492. The minimum atomic E-state index is 0.492. The summed E-state index contributed by atoms with van der Waals surface area (Å²) in [6, 6.07) is 8.47. The van der Waals surface area contributed by atoms with Crippen LogP contribution in [0.25, 0.3) is 11.1 Å². The van der Waals surface area contributed by atoms with Crippen LogP contribution in [0, 0.1) is 13.8 Å². The van der Waals surface area contributed by atoms with Crippen LogP contribution >= 0.6 is 22.9 Å². The van der Waals surface area contributed by atoms with E-state index in [9.17, 15) is 0 Å². The van der Waals surface area contributed by atoms with Crippen molar-refractivity contribution >= 4 is 22.9 Å². The number of rotatable bonds is 2. The molecule has 0 aliphatic heterocycles. The van der Waals surface area contributed by atoms with Crippen molar-refractivity contribution in [2.24, 2.45) is 5.73 Å².